The standard InChI is InChI=1S/C15H12Cl2N2O4/c1-23-15(22)12-4-8(2-3-18-12)7-19-14(21)10-5-9(16)6-11(17)13(10)20/h2-6,20H,7H2,1H3,(H,19,21). The van der Waals surface area contributed by atoms with Crippen LogP contribution in [-0.2, 0) is 11.3 Å². The number of benzene rings is 1. The topological polar surface area (TPSA) is 88.5 Å². The minimum Gasteiger partial charge on any atom is -0.506 e. The summed E-state index contributed by atoms with van der Waals surface area (Å²) in [6.07, 6.45) is 1.43. The largest absolute Gasteiger partial charge is 0.506 e. The first-order valence-electron chi connectivity index (χ1n) is 6.42. The Bertz CT molecular complexity index is 765. The summed E-state index contributed by atoms with van der Waals surface area (Å²) in [5, 5.41) is 12.6. The van der Waals surface area contributed by atoms with Crippen LogP contribution in [0.25, 0.3) is 0 Å². The molecule has 0 aliphatic rings. The molecule has 0 spiro atoms. The van der Waals surface area contributed by atoms with E-state index in [0.717, 1.165) is 0 Å². The predicted octanol–water partition coefficient (Wildman–Crippen LogP) is 2.81. The van der Waals surface area contributed by atoms with Crippen molar-refractivity contribution >= 4 is 35.1 Å². The lowest BCUT2D eigenvalue weighted by atomic mass is 10.1. The fourth-order valence-corrected chi connectivity index (χ4v) is 2.31. The molecule has 0 saturated heterocycles. The van der Waals surface area contributed by atoms with Crippen LogP contribution in [0.1, 0.15) is 26.4 Å². The third kappa shape index (κ3) is 4.12. The number of nitrogens with one attached hydrogen (secondary N) is 1. The van der Waals surface area contributed by atoms with Gasteiger partial charge in [-0.05, 0) is 29.8 Å². The molecule has 0 fully saturated rings. The molecule has 0 bridgehead atoms. The average Bonchev–Trinajstić information content (AvgIpc) is 2.55. The number of phenols is 1. The number of rotatable bonds is 4. The second-order valence-corrected chi connectivity index (χ2v) is 5.35. The average molecular weight is 355 g/mol. The summed E-state index contributed by atoms with van der Waals surface area (Å²) in [5.41, 5.74) is 0.735. The van der Waals surface area contributed by atoms with E-state index in [4.69, 9.17) is 23.2 Å². The zero-order chi connectivity index (χ0) is 17.0. The summed E-state index contributed by atoms with van der Waals surface area (Å²) in [4.78, 5) is 27.4. The molecule has 2 aromatic rings. The van der Waals surface area contributed by atoms with Crippen molar-refractivity contribution in [2.45, 2.75) is 6.54 Å². The summed E-state index contributed by atoms with van der Waals surface area (Å²) >= 11 is 11.6. The molecule has 1 amide bonds. The Labute approximate surface area is 142 Å². The number of amides is 1. The molecule has 0 saturated carbocycles. The van der Waals surface area contributed by atoms with Gasteiger partial charge in [0.05, 0.1) is 17.7 Å². The number of nitrogens with zero attached hydrogens (tertiary/aromatic N) is 1. The van der Waals surface area contributed by atoms with Gasteiger partial charge in [-0.25, -0.2) is 9.78 Å². The van der Waals surface area contributed by atoms with Crippen molar-refractivity contribution in [1.82, 2.24) is 10.3 Å². The third-order valence-electron chi connectivity index (χ3n) is 2.94. The molecule has 0 unspecified atom stereocenters. The molecule has 1 aromatic carbocycles. The number of pyridine rings is 1. The summed E-state index contributed by atoms with van der Waals surface area (Å²) in [6, 6.07) is 5.78. The lowest BCUT2D eigenvalue weighted by Crippen LogP contribution is -2.23. The van der Waals surface area contributed by atoms with Crippen LogP contribution in [0.5, 0.6) is 5.75 Å². The highest BCUT2D eigenvalue weighted by Crippen LogP contribution is 2.31. The Morgan fingerprint density at radius 3 is 2.74 bits per heavy atom. The van der Waals surface area contributed by atoms with E-state index in [0.29, 0.717) is 5.56 Å². The number of aromatic hydroxyl groups is 1. The monoisotopic (exact) mass is 354 g/mol. The SMILES string of the molecule is COC(=O)c1cc(CNC(=O)c2cc(Cl)cc(Cl)c2O)ccn1. The van der Waals surface area contributed by atoms with E-state index < -0.39 is 11.9 Å². The number of halogens is 2. The molecular weight excluding hydrogens is 343 g/mol. The zero-order valence-electron chi connectivity index (χ0n) is 12.0. The van der Waals surface area contributed by atoms with Gasteiger partial charge in [0, 0.05) is 17.8 Å². The van der Waals surface area contributed by atoms with Crippen LogP contribution in [0.4, 0.5) is 0 Å². The highest BCUT2D eigenvalue weighted by molar-refractivity contribution is 6.36. The van der Waals surface area contributed by atoms with Crippen molar-refractivity contribution in [1.29, 1.82) is 0 Å². The number of carbonyl (C=O) groups excluding carboxylic acids is 2. The van der Waals surface area contributed by atoms with Crippen LogP contribution < -0.4 is 5.32 Å². The van der Waals surface area contributed by atoms with Crippen molar-refractivity contribution in [3.8, 4) is 5.75 Å². The molecule has 1 heterocycles. The van der Waals surface area contributed by atoms with Crippen LogP contribution in [0.2, 0.25) is 10.0 Å². The molecule has 2 N–H and O–H groups in total. The minimum atomic E-state index is -0.572. The first-order valence-corrected chi connectivity index (χ1v) is 7.17. The van der Waals surface area contributed by atoms with Crippen LogP contribution in [0.3, 0.4) is 0 Å². The number of phenolic OH excluding ortho intramolecular Hbond substituents is 1. The zero-order valence-corrected chi connectivity index (χ0v) is 13.5. The Morgan fingerprint density at radius 2 is 2.04 bits per heavy atom. The summed E-state index contributed by atoms with van der Waals surface area (Å²) < 4.78 is 4.58. The van der Waals surface area contributed by atoms with E-state index in [1.807, 2.05) is 0 Å². The number of ether oxygens (including phenoxy) is 1. The first-order chi connectivity index (χ1) is 10.9. The van der Waals surface area contributed by atoms with Gasteiger partial charge in [-0.3, -0.25) is 4.79 Å². The van der Waals surface area contributed by atoms with Crippen molar-refractivity contribution in [3.63, 3.8) is 0 Å². The second-order valence-electron chi connectivity index (χ2n) is 4.51. The van der Waals surface area contributed by atoms with Gasteiger partial charge in [-0.15, -0.1) is 0 Å². The first kappa shape index (κ1) is 17.1. The molecule has 6 nitrogen and oxygen atoms in total. The molecule has 120 valence electrons. The normalized spacial score (nSPS) is 10.2. The van der Waals surface area contributed by atoms with Crippen molar-refractivity contribution in [2.24, 2.45) is 0 Å². The van der Waals surface area contributed by atoms with E-state index in [2.05, 4.69) is 15.0 Å². The van der Waals surface area contributed by atoms with Gasteiger partial charge in [0.25, 0.3) is 5.91 Å². The Kier molecular flexibility index (Phi) is 5.41. The van der Waals surface area contributed by atoms with Gasteiger partial charge in [0.1, 0.15) is 11.4 Å². The van der Waals surface area contributed by atoms with E-state index >= 15 is 0 Å². The Balaban J connectivity index is 2.12. The number of methoxy groups -OCH3 is 1. The van der Waals surface area contributed by atoms with Gasteiger partial charge in [-0.2, -0.15) is 0 Å². The van der Waals surface area contributed by atoms with E-state index in [9.17, 15) is 14.7 Å². The molecule has 1 aromatic heterocycles. The molecule has 0 radical (unpaired) electrons. The van der Waals surface area contributed by atoms with Crippen LogP contribution in [0.15, 0.2) is 30.5 Å². The van der Waals surface area contributed by atoms with Gasteiger partial charge in [-0.1, -0.05) is 23.2 Å². The molecule has 0 aliphatic carbocycles. The highest BCUT2D eigenvalue weighted by Gasteiger charge is 2.15. The van der Waals surface area contributed by atoms with Gasteiger partial charge in [0.2, 0.25) is 0 Å². The smallest absolute Gasteiger partial charge is 0.356 e. The van der Waals surface area contributed by atoms with Crippen molar-refractivity contribution < 1.29 is 19.4 Å². The Hall–Kier alpha value is -2.31. The molecule has 0 atom stereocenters. The third-order valence-corrected chi connectivity index (χ3v) is 3.45. The maximum Gasteiger partial charge on any atom is 0.356 e. The number of aromatic nitrogens is 1. The second kappa shape index (κ2) is 7.30. The number of hydrogen-bond acceptors (Lipinski definition) is 5. The lowest BCUT2D eigenvalue weighted by Gasteiger charge is -2.09. The molecule has 0 aliphatic heterocycles. The number of carbonyl (C=O) groups is 2. The summed E-state index contributed by atoms with van der Waals surface area (Å²) in [5.74, 6) is -1.47. The Morgan fingerprint density at radius 1 is 1.30 bits per heavy atom. The van der Waals surface area contributed by atoms with Gasteiger partial charge in [0.15, 0.2) is 0 Å². The van der Waals surface area contributed by atoms with Crippen LogP contribution in [0, 0.1) is 0 Å². The van der Waals surface area contributed by atoms with Crippen molar-refractivity contribution in [3.05, 3.63) is 57.3 Å². The van der Waals surface area contributed by atoms with Crippen molar-refractivity contribution in [2.75, 3.05) is 7.11 Å². The van der Waals surface area contributed by atoms with Gasteiger partial charge >= 0.3 is 5.97 Å². The minimum absolute atomic E-state index is 0.0143. The van der Waals surface area contributed by atoms with Crippen LogP contribution in [-0.4, -0.2) is 29.1 Å². The lowest BCUT2D eigenvalue weighted by molar-refractivity contribution is 0.0594. The fourth-order valence-electron chi connectivity index (χ4n) is 1.82. The maximum absolute atomic E-state index is 12.1. The molecule has 23 heavy (non-hydrogen) atoms. The highest BCUT2D eigenvalue weighted by atomic mass is 35.5. The summed E-state index contributed by atoms with van der Waals surface area (Å²) in [6.45, 7) is 0.120. The molecule has 8 heteroatoms. The quantitative estimate of drug-likeness (QED) is 0.824. The summed E-state index contributed by atoms with van der Waals surface area (Å²) in [7, 11) is 1.25. The van der Waals surface area contributed by atoms with E-state index in [1.165, 1.54) is 31.5 Å². The predicted molar refractivity (Wildman–Crippen MR) is 84.9 cm³/mol. The maximum atomic E-state index is 12.1. The van der Waals surface area contributed by atoms with Crippen LogP contribution >= 0.6 is 23.2 Å². The van der Waals surface area contributed by atoms with Gasteiger partial charge < -0.3 is 15.2 Å². The van der Waals surface area contributed by atoms with E-state index in [-0.39, 0.29) is 33.6 Å². The molecular formula is C15H12Cl2N2O4. The van der Waals surface area contributed by atoms with E-state index in [1.54, 1.807) is 6.07 Å². The molecule has 2 rings (SSSR count). The number of hydrogen-bond donors (Lipinski definition) is 2. The fraction of sp³-hybridized carbons (Fsp3) is 0.133. The number of esters is 1.